The maximum absolute atomic E-state index is 6.16. The molecule has 1 saturated carbocycles. The van der Waals surface area contributed by atoms with Gasteiger partial charge >= 0.3 is 0 Å². The second-order valence-electron chi connectivity index (χ2n) is 4.57. The Hall–Kier alpha value is -0.250. The second-order valence-corrected chi connectivity index (χ2v) is 6.18. The average molecular weight is 350 g/mol. The predicted octanol–water partition coefficient (Wildman–Crippen LogP) is 5.32. The number of hydrogen-bond donors (Lipinski definition) is 1. The van der Waals surface area contributed by atoms with E-state index in [1.165, 1.54) is 19.3 Å². The molecule has 0 bridgehead atoms. The molecule has 0 heterocycles. The molecule has 1 fully saturated rings. The number of hydrogen-bond acceptors (Lipinski definition) is 1. The minimum Gasteiger partial charge on any atom is -0.387 e. The molecule has 0 unspecified atom stereocenters. The Kier molecular flexibility index (Phi) is 4.93. The molecule has 0 radical (unpaired) electrons. The normalized spacial score (nSPS) is 18.1. The van der Waals surface area contributed by atoms with Gasteiger partial charge in [0.05, 0.1) is 15.7 Å². The Labute approximate surface area is 126 Å². The number of halogens is 3. The van der Waals surface area contributed by atoms with Gasteiger partial charge in [0.15, 0.2) is 0 Å². The number of amidine groups is 1. The van der Waals surface area contributed by atoms with E-state index in [0.29, 0.717) is 27.5 Å². The van der Waals surface area contributed by atoms with Crippen LogP contribution in [0, 0.1) is 5.92 Å². The minimum atomic E-state index is 0.386. The quantitative estimate of drug-likeness (QED) is 0.437. The van der Waals surface area contributed by atoms with Gasteiger partial charge in [-0.25, -0.2) is 4.99 Å². The van der Waals surface area contributed by atoms with Gasteiger partial charge in [0.2, 0.25) is 0 Å². The zero-order valence-corrected chi connectivity index (χ0v) is 13.0. The molecule has 0 atom stereocenters. The first-order valence-corrected chi connectivity index (χ1v) is 7.62. The van der Waals surface area contributed by atoms with E-state index in [0.717, 1.165) is 17.3 Å². The third kappa shape index (κ3) is 3.19. The largest absolute Gasteiger partial charge is 0.387 e. The lowest BCUT2D eigenvalue weighted by molar-refractivity contribution is 0.437. The molecule has 1 aromatic rings. The fourth-order valence-corrected chi connectivity index (χ4v) is 3.04. The summed E-state index contributed by atoms with van der Waals surface area (Å²) in [6.45, 7) is 0. The van der Waals surface area contributed by atoms with Crippen LogP contribution in [0.4, 0.5) is 5.69 Å². The topological polar surface area (TPSA) is 38.4 Å². The molecule has 5 heteroatoms. The Morgan fingerprint density at radius 1 is 1.17 bits per heavy atom. The summed E-state index contributed by atoms with van der Waals surface area (Å²) in [4.78, 5) is 4.44. The van der Waals surface area contributed by atoms with Crippen molar-refractivity contribution in [1.82, 2.24) is 0 Å². The molecule has 0 saturated heterocycles. The first kappa shape index (κ1) is 14.2. The summed E-state index contributed by atoms with van der Waals surface area (Å²) >= 11 is 15.5. The van der Waals surface area contributed by atoms with E-state index in [1.54, 1.807) is 0 Å². The lowest BCUT2D eigenvalue weighted by atomic mass is 9.88. The molecule has 1 aliphatic rings. The minimum absolute atomic E-state index is 0.386. The summed E-state index contributed by atoms with van der Waals surface area (Å²) in [6, 6.07) is 3.66. The average Bonchev–Trinajstić information content (AvgIpc) is 2.40. The van der Waals surface area contributed by atoms with Crippen LogP contribution in [0.1, 0.15) is 32.1 Å². The highest BCUT2D eigenvalue weighted by Crippen LogP contribution is 2.37. The van der Waals surface area contributed by atoms with Crippen molar-refractivity contribution in [3.63, 3.8) is 0 Å². The molecule has 2 rings (SSSR count). The molecule has 0 amide bonds. The number of nitrogens with two attached hydrogens (primary N) is 1. The van der Waals surface area contributed by atoms with E-state index in [-0.39, 0.29) is 0 Å². The summed E-state index contributed by atoms with van der Waals surface area (Å²) in [5, 5.41) is 0.930. The van der Waals surface area contributed by atoms with Gasteiger partial charge in [-0.1, -0.05) is 42.5 Å². The fraction of sp³-hybridized carbons (Fsp3) is 0.462. The van der Waals surface area contributed by atoms with Crippen LogP contribution in [0.3, 0.4) is 0 Å². The van der Waals surface area contributed by atoms with E-state index in [4.69, 9.17) is 28.9 Å². The molecule has 2 N–H and O–H groups in total. The third-order valence-electron chi connectivity index (χ3n) is 3.29. The maximum atomic E-state index is 6.16. The first-order chi connectivity index (χ1) is 8.59. The molecular formula is C13H15BrCl2N2. The zero-order valence-electron chi connectivity index (χ0n) is 9.93. The number of aliphatic imine (C=N–C) groups is 1. The SMILES string of the molecule is NC(=Nc1ccc(Br)c(Cl)c1Cl)C1CCCCC1. The summed E-state index contributed by atoms with van der Waals surface area (Å²) in [6.07, 6.45) is 6.01. The smallest absolute Gasteiger partial charge is 0.103 e. The highest BCUT2D eigenvalue weighted by Gasteiger charge is 2.17. The lowest BCUT2D eigenvalue weighted by Crippen LogP contribution is -2.25. The van der Waals surface area contributed by atoms with Crippen LogP contribution in [0.5, 0.6) is 0 Å². The Bertz CT molecular complexity index is 468. The van der Waals surface area contributed by atoms with Crippen molar-refractivity contribution in [2.75, 3.05) is 0 Å². The zero-order chi connectivity index (χ0) is 13.1. The predicted molar refractivity (Wildman–Crippen MR) is 82.0 cm³/mol. The molecule has 1 aromatic carbocycles. The number of nitrogens with zero attached hydrogens (tertiary/aromatic N) is 1. The van der Waals surface area contributed by atoms with Gasteiger partial charge in [-0.3, -0.25) is 0 Å². The Morgan fingerprint density at radius 3 is 2.50 bits per heavy atom. The van der Waals surface area contributed by atoms with Crippen molar-refractivity contribution in [3.8, 4) is 0 Å². The van der Waals surface area contributed by atoms with Crippen LogP contribution in [0.25, 0.3) is 0 Å². The summed E-state index contributed by atoms with van der Waals surface area (Å²) < 4.78 is 0.768. The van der Waals surface area contributed by atoms with Gasteiger partial charge in [0, 0.05) is 10.4 Å². The summed E-state index contributed by atoms with van der Waals surface area (Å²) in [7, 11) is 0. The molecule has 0 aliphatic heterocycles. The van der Waals surface area contributed by atoms with E-state index in [9.17, 15) is 0 Å². The number of benzene rings is 1. The van der Waals surface area contributed by atoms with Crippen LogP contribution in [0.2, 0.25) is 10.0 Å². The fourth-order valence-electron chi connectivity index (χ4n) is 2.23. The molecule has 1 aliphatic carbocycles. The van der Waals surface area contributed by atoms with Gasteiger partial charge < -0.3 is 5.73 Å². The Morgan fingerprint density at radius 2 is 1.83 bits per heavy atom. The van der Waals surface area contributed by atoms with Crippen LogP contribution in [-0.4, -0.2) is 5.84 Å². The monoisotopic (exact) mass is 348 g/mol. The van der Waals surface area contributed by atoms with E-state index < -0.39 is 0 Å². The highest BCUT2D eigenvalue weighted by atomic mass is 79.9. The van der Waals surface area contributed by atoms with E-state index >= 15 is 0 Å². The van der Waals surface area contributed by atoms with Gasteiger partial charge in [-0.2, -0.15) is 0 Å². The Balaban J connectivity index is 2.24. The van der Waals surface area contributed by atoms with Gasteiger partial charge in [0.1, 0.15) is 5.84 Å². The van der Waals surface area contributed by atoms with Crippen molar-refractivity contribution in [2.24, 2.45) is 16.6 Å². The maximum Gasteiger partial charge on any atom is 0.103 e. The van der Waals surface area contributed by atoms with Gasteiger partial charge in [0.25, 0.3) is 0 Å². The van der Waals surface area contributed by atoms with Crippen molar-refractivity contribution >= 4 is 50.7 Å². The van der Waals surface area contributed by atoms with Gasteiger partial charge in [-0.05, 0) is 40.9 Å². The van der Waals surface area contributed by atoms with Crippen LogP contribution in [0.15, 0.2) is 21.6 Å². The highest BCUT2D eigenvalue weighted by molar-refractivity contribution is 9.10. The van der Waals surface area contributed by atoms with Crippen molar-refractivity contribution in [3.05, 3.63) is 26.7 Å². The van der Waals surface area contributed by atoms with E-state index in [1.807, 2.05) is 12.1 Å². The van der Waals surface area contributed by atoms with Crippen LogP contribution >= 0.6 is 39.1 Å². The van der Waals surface area contributed by atoms with Crippen molar-refractivity contribution < 1.29 is 0 Å². The molecule has 98 valence electrons. The molecule has 18 heavy (non-hydrogen) atoms. The van der Waals surface area contributed by atoms with E-state index in [2.05, 4.69) is 20.9 Å². The first-order valence-electron chi connectivity index (χ1n) is 6.07. The number of rotatable bonds is 2. The van der Waals surface area contributed by atoms with Crippen molar-refractivity contribution in [2.45, 2.75) is 32.1 Å². The lowest BCUT2D eigenvalue weighted by Gasteiger charge is -2.21. The van der Waals surface area contributed by atoms with Crippen molar-refractivity contribution in [1.29, 1.82) is 0 Å². The second kappa shape index (κ2) is 6.27. The third-order valence-corrected chi connectivity index (χ3v) is 5.05. The van der Waals surface area contributed by atoms with Crippen LogP contribution < -0.4 is 5.73 Å². The standard InChI is InChI=1S/C13H15BrCl2N2/c14-9-6-7-10(12(16)11(9)15)18-13(17)8-4-2-1-3-5-8/h6-8H,1-5H2,(H2,17,18). The van der Waals surface area contributed by atoms with Gasteiger partial charge in [-0.15, -0.1) is 0 Å². The molecule has 0 aromatic heterocycles. The summed E-state index contributed by atoms with van der Waals surface area (Å²) in [5.41, 5.74) is 6.72. The molecular weight excluding hydrogens is 335 g/mol. The van der Waals surface area contributed by atoms with Crippen LogP contribution in [-0.2, 0) is 0 Å². The molecule has 0 spiro atoms. The summed E-state index contributed by atoms with van der Waals surface area (Å²) in [5.74, 6) is 1.06. The molecule has 2 nitrogen and oxygen atoms in total.